The Labute approximate surface area is 187 Å². The molecule has 2 N–H and O–H groups in total. The van der Waals surface area contributed by atoms with E-state index in [-0.39, 0.29) is 31.0 Å². The van der Waals surface area contributed by atoms with Gasteiger partial charge >= 0.3 is 12.1 Å². The van der Waals surface area contributed by atoms with Crippen molar-refractivity contribution in [3.8, 4) is 6.07 Å². The van der Waals surface area contributed by atoms with Crippen LogP contribution in [0.25, 0.3) is 0 Å². The normalized spacial score (nSPS) is 23.1. The van der Waals surface area contributed by atoms with Crippen LogP contribution in [0.2, 0.25) is 0 Å². The third kappa shape index (κ3) is 4.28. The van der Waals surface area contributed by atoms with Crippen molar-refractivity contribution in [1.29, 1.82) is 5.26 Å². The Morgan fingerprint density at radius 1 is 1.41 bits per heavy atom. The summed E-state index contributed by atoms with van der Waals surface area (Å²) in [5.74, 6) is -1.80. The first-order chi connectivity index (χ1) is 14.9. The number of halogens is 1. The van der Waals surface area contributed by atoms with Crippen molar-refractivity contribution in [1.82, 2.24) is 15.3 Å². The van der Waals surface area contributed by atoms with Gasteiger partial charge < -0.3 is 19.8 Å². The second kappa shape index (κ2) is 8.43. The number of aliphatic carboxylic acids is 1. The average molecular weight is 445 g/mol. The molecule has 1 amide bonds. The Morgan fingerprint density at radius 3 is 2.66 bits per heavy atom. The van der Waals surface area contributed by atoms with E-state index in [1.54, 1.807) is 43.7 Å². The summed E-state index contributed by atoms with van der Waals surface area (Å²) in [4.78, 5) is 26.7. The highest BCUT2D eigenvalue weighted by Crippen LogP contribution is 2.41. The Bertz CT molecular complexity index is 1010. The van der Waals surface area contributed by atoms with E-state index >= 15 is 0 Å². The number of hydrazine groups is 1. The third-order valence-electron chi connectivity index (χ3n) is 5.79. The van der Waals surface area contributed by atoms with Crippen LogP contribution in [-0.2, 0) is 16.1 Å². The number of ether oxygens (including phenoxy) is 1. The van der Waals surface area contributed by atoms with E-state index in [1.807, 2.05) is 13.0 Å². The van der Waals surface area contributed by atoms with Gasteiger partial charge in [0.15, 0.2) is 5.54 Å². The molecule has 1 aromatic carbocycles. The van der Waals surface area contributed by atoms with Crippen molar-refractivity contribution in [3.63, 3.8) is 0 Å². The maximum atomic E-state index is 13.7. The Morgan fingerprint density at radius 2 is 2.09 bits per heavy atom. The fourth-order valence-corrected chi connectivity index (χ4v) is 4.34. The molecule has 0 aliphatic carbocycles. The highest BCUT2D eigenvalue weighted by molar-refractivity contribution is 5.85. The van der Waals surface area contributed by atoms with Gasteiger partial charge in [-0.25, -0.2) is 19.4 Å². The Kier molecular flexibility index (Phi) is 6.20. The number of amides is 1. The second-order valence-corrected chi connectivity index (χ2v) is 9.31. The summed E-state index contributed by atoms with van der Waals surface area (Å²) in [5, 5.41) is 21.0. The van der Waals surface area contributed by atoms with Crippen molar-refractivity contribution in [2.75, 3.05) is 13.1 Å². The van der Waals surface area contributed by atoms with Gasteiger partial charge in [0.05, 0.1) is 12.1 Å². The standard InChI is InChI=1S/C23H29FN4O4/c1-6-23(20(29)30)17-13-27(21(31)32-22(3,4)5)11-14(2)19(17)28(26-23)12-15-7-8-18(24)16(9-15)10-25/h7-9,14,26H,6,11-13H2,1-5H3,(H,29,30). The van der Waals surface area contributed by atoms with Crippen molar-refractivity contribution >= 4 is 12.1 Å². The number of carboxylic acids is 1. The maximum absolute atomic E-state index is 13.7. The molecule has 3 rings (SSSR count). The van der Waals surface area contributed by atoms with Crippen molar-refractivity contribution in [2.24, 2.45) is 5.92 Å². The lowest BCUT2D eigenvalue weighted by molar-refractivity contribution is -0.144. The van der Waals surface area contributed by atoms with E-state index < -0.39 is 29.0 Å². The summed E-state index contributed by atoms with van der Waals surface area (Å²) < 4.78 is 19.3. The maximum Gasteiger partial charge on any atom is 0.410 e. The van der Waals surface area contributed by atoms with Gasteiger partial charge in [-0.3, -0.25) is 0 Å². The van der Waals surface area contributed by atoms with Crippen LogP contribution in [0, 0.1) is 23.1 Å². The van der Waals surface area contributed by atoms with Crippen LogP contribution in [0.15, 0.2) is 29.5 Å². The number of nitrogens with one attached hydrogen (secondary N) is 1. The minimum absolute atomic E-state index is 0.0660. The molecule has 2 unspecified atom stereocenters. The lowest BCUT2D eigenvalue weighted by Crippen LogP contribution is -2.55. The topological polar surface area (TPSA) is 106 Å². The second-order valence-electron chi connectivity index (χ2n) is 9.31. The molecule has 0 fully saturated rings. The molecule has 0 saturated carbocycles. The van der Waals surface area contributed by atoms with Gasteiger partial charge in [-0.15, -0.1) is 0 Å². The first-order valence-corrected chi connectivity index (χ1v) is 10.6. The summed E-state index contributed by atoms with van der Waals surface area (Å²) in [6.45, 7) is 9.81. The SMILES string of the molecule is CCC1(C(=O)O)NN(Cc2ccc(F)c(C#N)c2)C2=C1CN(C(=O)OC(C)(C)C)CC2C. The van der Waals surface area contributed by atoms with Crippen LogP contribution in [-0.4, -0.2) is 51.3 Å². The zero-order chi connectivity index (χ0) is 23.8. The van der Waals surface area contributed by atoms with Crippen LogP contribution < -0.4 is 5.43 Å². The van der Waals surface area contributed by atoms with E-state index in [2.05, 4.69) is 5.43 Å². The fraction of sp³-hybridized carbons (Fsp3) is 0.522. The van der Waals surface area contributed by atoms with Crippen LogP contribution in [0.3, 0.4) is 0 Å². The van der Waals surface area contributed by atoms with Gasteiger partial charge in [0, 0.05) is 30.3 Å². The Balaban J connectivity index is 1.98. The minimum Gasteiger partial charge on any atom is -0.480 e. The predicted molar refractivity (Wildman–Crippen MR) is 114 cm³/mol. The Hall–Kier alpha value is -3.12. The van der Waals surface area contributed by atoms with Gasteiger partial charge in [-0.05, 0) is 44.9 Å². The third-order valence-corrected chi connectivity index (χ3v) is 5.79. The highest BCUT2D eigenvalue weighted by atomic mass is 19.1. The van der Waals surface area contributed by atoms with Gasteiger partial charge in [-0.1, -0.05) is 19.9 Å². The largest absolute Gasteiger partial charge is 0.480 e. The summed E-state index contributed by atoms with van der Waals surface area (Å²) in [6.07, 6.45) is -0.221. The van der Waals surface area contributed by atoms with E-state index in [0.29, 0.717) is 17.7 Å². The lowest BCUT2D eigenvalue weighted by atomic mass is 9.83. The molecule has 32 heavy (non-hydrogen) atoms. The fourth-order valence-electron chi connectivity index (χ4n) is 4.34. The zero-order valence-electron chi connectivity index (χ0n) is 19.0. The molecule has 1 aromatic rings. The first kappa shape index (κ1) is 23.5. The zero-order valence-corrected chi connectivity index (χ0v) is 19.0. The molecule has 2 atom stereocenters. The molecule has 172 valence electrons. The van der Waals surface area contributed by atoms with Crippen LogP contribution in [0.4, 0.5) is 9.18 Å². The molecule has 2 heterocycles. The number of carboxylic acid groups (broad SMARTS) is 1. The molecule has 0 radical (unpaired) electrons. The predicted octanol–water partition coefficient (Wildman–Crippen LogP) is 3.39. The summed E-state index contributed by atoms with van der Waals surface area (Å²) in [7, 11) is 0. The van der Waals surface area contributed by atoms with Crippen LogP contribution >= 0.6 is 0 Å². The minimum atomic E-state index is -1.37. The molecule has 2 aliphatic rings. The van der Waals surface area contributed by atoms with E-state index in [0.717, 1.165) is 5.70 Å². The molecule has 0 saturated heterocycles. The number of carbonyl (C=O) groups is 2. The van der Waals surface area contributed by atoms with E-state index in [9.17, 15) is 19.1 Å². The summed E-state index contributed by atoms with van der Waals surface area (Å²) in [6, 6.07) is 6.10. The van der Waals surface area contributed by atoms with Gasteiger partial charge in [0.1, 0.15) is 17.5 Å². The lowest BCUT2D eigenvalue weighted by Gasteiger charge is -2.36. The molecular weight excluding hydrogens is 415 g/mol. The van der Waals surface area contributed by atoms with Crippen molar-refractivity contribution in [2.45, 2.75) is 58.7 Å². The van der Waals surface area contributed by atoms with Gasteiger partial charge in [-0.2, -0.15) is 5.26 Å². The molecular formula is C23H29FN4O4. The number of benzene rings is 1. The van der Waals surface area contributed by atoms with Crippen LogP contribution in [0.1, 0.15) is 52.2 Å². The number of hydrogen-bond acceptors (Lipinski definition) is 6. The highest BCUT2D eigenvalue weighted by Gasteiger charge is 2.53. The smallest absolute Gasteiger partial charge is 0.410 e. The van der Waals surface area contributed by atoms with Gasteiger partial charge in [0.25, 0.3) is 0 Å². The molecule has 8 nitrogen and oxygen atoms in total. The van der Waals surface area contributed by atoms with E-state index in [1.165, 1.54) is 12.1 Å². The molecule has 9 heteroatoms. The van der Waals surface area contributed by atoms with Gasteiger partial charge in [0.2, 0.25) is 0 Å². The van der Waals surface area contributed by atoms with E-state index in [4.69, 9.17) is 10.00 Å². The van der Waals surface area contributed by atoms with Crippen molar-refractivity contribution in [3.05, 3.63) is 46.4 Å². The molecule has 0 aromatic heterocycles. The van der Waals surface area contributed by atoms with Crippen molar-refractivity contribution < 1.29 is 23.8 Å². The quantitative estimate of drug-likeness (QED) is 0.733. The average Bonchev–Trinajstić information content (AvgIpc) is 3.03. The molecule has 2 aliphatic heterocycles. The molecule has 0 spiro atoms. The summed E-state index contributed by atoms with van der Waals surface area (Å²) in [5.41, 5.74) is 3.12. The first-order valence-electron chi connectivity index (χ1n) is 10.6. The van der Waals surface area contributed by atoms with Crippen LogP contribution in [0.5, 0.6) is 0 Å². The molecule has 0 bridgehead atoms. The monoisotopic (exact) mass is 444 g/mol. The number of nitriles is 1. The number of hydrogen-bond donors (Lipinski definition) is 2. The number of carbonyl (C=O) groups excluding carboxylic acids is 1. The summed E-state index contributed by atoms with van der Waals surface area (Å²) >= 11 is 0. The number of nitrogens with zero attached hydrogens (tertiary/aromatic N) is 3. The number of rotatable bonds is 4.